The summed E-state index contributed by atoms with van der Waals surface area (Å²) < 4.78 is 33.2. The molecule has 0 bridgehead atoms. The minimum Gasteiger partial charge on any atom is -0.475 e. The molecule has 5 rings (SSSR count). The van der Waals surface area contributed by atoms with Gasteiger partial charge in [0.15, 0.2) is 5.65 Å². The molecule has 0 unspecified atom stereocenters. The molecule has 0 radical (unpaired) electrons. The summed E-state index contributed by atoms with van der Waals surface area (Å²) in [5.41, 5.74) is 1.21. The largest absolute Gasteiger partial charge is 0.490 e. The van der Waals surface area contributed by atoms with Gasteiger partial charge in [-0.3, -0.25) is 14.0 Å². The minimum absolute atomic E-state index is 0.124. The van der Waals surface area contributed by atoms with Crippen LogP contribution in [0.3, 0.4) is 0 Å². The average molecular weight is 458 g/mol. The fourth-order valence-corrected chi connectivity index (χ4v) is 3.35. The Bertz CT molecular complexity index is 1450. The van der Waals surface area contributed by atoms with Crippen LogP contribution in [0.5, 0.6) is 0 Å². The molecule has 0 spiro atoms. The summed E-state index contributed by atoms with van der Waals surface area (Å²) in [6.45, 7) is 1.53. The number of nitrogens with one attached hydrogen (secondary N) is 2. The summed E-state index contributed by atoms with van der Waals surface area (Å²) in [5.74, 6) is -2.96. The standard InChI is InChI=1S/C20H16N4O2.C2HF3O2/c25-19(22-14-10-21-11-14)15-6-3-7-24-18(15)23-17-9-13-5-2-1-4-12(13)8-16(17)20(24)26;3-2(4,5)1(6)7/h1-9,14,21H,10-11H2,(H,22,25);(H,6,7). The van der Waals surface area contributed by atoms with Crippen LogP contribution in [0.15, 0.2) is 59.5 Å². The number of hydrogen-bond acceptors (Lipinski definition) is 5. The Labute approximate surface area is 183 Å². The van der Waals surface area contributed by atoms with Gasteiger partial charge in [-0.1, -0.05) is 24.3 Å². The van der Waals surface area contributed by atoms with Gasteiger partial charge >= 0.3 is 12.1 Å². The van der Waals surface area contributed by atoms with Crippen LogP contribution in [0.4, 0.5) is 13.2 Å². The highest BCUT2D eigenvalue weighted by Gasteiger charge is 2.38. The molecule has 33 heavy (non-hydrogen) atoms. The lowest BCUT2D eigenvalue weighted by molar-refractivity contribution is -0.192. The second-order valence-electron chi connectivity index (χ2n) is 7.38. The van der Waals surface area contributed by atoms with E-state index in [4.69, 9.17) is 9.90 Å². The smallest absolute Gasteiger partial charge is 0.475 e. The number of fused-ring (bicyclic) bond motifs is 3. The Morgan fingerprint density at radius 3 is 2.30 bits per heavy atom. The number of hydrogen-bond donors (Lipinski definition) is 3. The highest BCUT2D eigenvalue weighted by molar-refractivity contribution is 6.02. The Morgan fingerprint density at radius 2 is 1.73 bits per heavy atom. The topological polar surface area (TPSA) is 113 Å². The number of carboxylic acid groups (broad SMARTS) is 1. The molecule has 0 saturated carbocycles. The summed E-state index contributed by atoms with van der Waals surface area (Å²) in [7, 11) is 0. The van der Waals surface area contributed by atoms with Crippen molar-refractivity contribution in [2.75, 3.05) is 13.1 Å². The summed E-state index contributed by atoms with van der Waals surface area (Å²) in [5, 5.41) is 15.8. The Morgan fingerprint density at radius 1 is 1.09 bits per heavy atom. The molecule has 1 aliphatic rings. The van der Waals surface area contributed by atoms with Crippen molar-refractivity contribution in [1.29, 1.82) is 0 Å². The van der Waals surface area contributed by atoms with Crippen molar-refractivity contribution in [3.05, 3.63) is 70.6 Å². The molecule has 1 amide bonds. The number of benzene rings is 2. The van der Waals surface area contributed by atoms with Gasteiger partial charge in [0.2, 0.25) is 0 Å². The summed E-state index contributed by atoms with van der Waals surface area (Å²) in [6.07, 6.45) is -3.43. The predicted octanol–water partition coefficient (Wildman–Crippen LogP) is 2.34. The number of rotatable bonds is 2. The van der Waals surface area contributed by atoms with E-state index in [0.717, 1.165) is 23.9 Å². The van der Waals surface area contributed by atoms with Crippen molar-refractivity contribution in [2.24, 2.45) is 0 Å². The van der Waals surface area contributed by atoms with Crippen LogP contribution in [-0.2, 0) is 4.79 Å². The third-order valence-electron chi connectivity index (χ3n) is 5.11. The first-order chi connectivity index (χ1) is 15.6. The molecule has 1 fully saturated rings. The SMILES string of the molecule is O=C(NC1CNC1)c1cccn2c(=O)c3cc4ccccc4cc3nc12.O=C(O)C(F)(F)F. The van der Waals surface area contributed by atoms with Gasteiger partial charge in [0.25, 0.3) is 11.5 Å². The molecule has 3 heterocycles. The molecule has 2 aromatic carbocycles. The van der Waals surface area contributed by atoms with Gasteiger partial charge in [-0.05, 0) is 35.0 Å². The van der Waals surface area contributed by atoms with E-state index in [2.05, 4.69) is 15.6 Å². The molecule has 8 nitrogen and oxygen atoms in total. The number of carbonyl (C=O) groups is 2. The van der Waals surface area contributed by atoms with Crippen LogP contribution in [0.1, 0.15) is 10.4 Å². The van der Waals surface area contributed by atoms with Crippen molar-refractivity contribution in [3.63, 3.8) is 0 Å². The van der Waals surface area contributed by atoms with Crippen LogP contribution in [-0.4, -0.2) is 51.7 Å². The minimum atomic E-state index is -5.08. The maximum absolute atomic E-state index is 13.0. The van der Waals surface area contributed by atoms with Gasteiger partial charge in [0.05, 0.1) is 22.5 Å². The lowest BCUT2D eigenvalue weighted by Crippen LogP contribution is -2.57. The van der Waals surface area contributed by atoms with E-state index in [0.29, 0.717) is 22.1 Å². The van der Waals surface area contributed by atoms with E-state index in [-0.39, 0.29) is 17.5 Å². The van der Waals surface area contributed by atoms with E-state index >= 15 is 0 Å². The van der Waals surface area contributed by atoms with Gasteiger partial charge in [-0.15, -0.1) is 0 Å². The average Bonchev–Trinajstić information content (AvgIpc) is 2.74. The second kappa shape index (κ2) is 8.51. The number of carboxylic acids is 1. The van der Waals surface area contributed by atoms with Crippen LogP contribution in [0.25, 0.3) is 27.3 Å². The summed E-state index contributed by atoms with van der Waals surface area (Å²) >= 11 is 0. The first-order valence-corrected chi connectivity index (χ1v) is 9.81. The molecule has 2 aromatic heterocycles. The molecule has 1 aliphatic heterocycles. The molecule has 11 heteroatoms. The summed E-state index contributed by atoms with van der Waals surface area (Å²) in [4.78, 5) is 39.1. The third kappa shape index (κ3) is 4.48. The molecule has 4 aromatic rings. The van der Waals surface area contributed by atoms with Gasteiger partial charge in [-0.25, -0.2) is 9.78 Å². The van der Waals surface area contributed by atoms with Crippen LogP contribution < -0.4 is 16.2 Å². The van der Waals surface area contributed by atoms with Gasteiger partial charge in [-0.2, -0.15) is 13.2 Å². The first-order valence-electron chi connectivity index (χ1n) is 9.81. The van der Waals surface area contributed by atoms with Crippen molar-refractivity contribution < 1.29 is 27.9 Å². The number of halogens is 3. The number of aromatic nitrogens is 2. The molecule has 3 N–H and O–H groups in total. The van der Waals surface area contributed by atoms with Crippen molar-refractivity contribution in [2.45, 2.75) is 12.2 Å². The normalized spacial score (nSPS) is 13.9. The molecule has 0 atom stereocenters. The van der Waals surface area contributed by atoms with Gasteiger partial charge < -0.3 is 15.7 Å². The van der Waals surface area contributed by atoms with E-state index in [1.807, 2.05) is 36.4 Å². The zero-order valence-corrected chi connectivity index (χ0v) is 16.9. The fourth-order valence-electron chi connectivity index (χ4n) is 3.35. The number of pyridine rings is 1. The Hall–Kier alpha value is -3.99. The van der Waals surface area contributed by atoms with Crippen LogP contribution in [0, 0.1) is 0 Å². The predicted molar refractivity (Wildman–Crippen MR) is 114 cm³/mol. The van der Waals surface area contributed by atoms with Crippen molar-refractivity contribution in [1.82, 2.24) is 20.0 Å². The van der Waals surface area contributed by atoms with Crippen molar-refractivity contribution >= 4 is 39.2 Å². The highest BCUT2D eigenvalue weighted by Crippen LogP contribution is 2.21. The molecular formula is C22H17F3N4O4. The Kier molecular flexibility index (Phi) is 5.73. The highest BCUT2D eigenvalue weighted by atomic mass is 19.4. The Balaban J connectivity index is 0.000000325. The molecule has 0 aliphatic carbocycles. The zero-order chi connectivity index (χ0) is 23.8. The second-order valence-corrected chi connectivity index (χ2v) is 7.38. The van der Waals surface area contributed by atoms with Gasteiger partial charge in [0.1, 0.15) is 0 Å². The maximum atomic E-state index is 13.0. The van der Waals surface area contributed by atoms with Gasteiger partial charge in [0, 0.05) is 19.3 Å². The summed E-state index contributed by atoms with van der Waals surface area (Å²) in [6, 6.07) is 15.1. The quantitative estimate of drug-likeness (QED) is 0.398. The number of alkyl halides is 3. The number of nitrogens with zero attached hydrogens (tertiary/aromatic N) is 2. The fraction of sp³-hybridized carbons (Fsp3) is 0.182. The molecule has 1 saturated heterocycles. The van der Waals surface area contributed by atoms with Crippen molar-refractivity contribution in [3.8, 4) is 0 Å². The molecule has 170 valence electrons. The van der Waals surface area contributed by atoms with Crippen LogP contribution in [0.2, 0.25) is 0 Å². The monoisotopic (exact) mass is 458 g/mol. The maximum Gasteiger partial charge on any atom is 0.490 e. The molecular weight excluding hydrogens is 441 g/mol. The van der Waals surface area contributed by atoms with E-state index < -0.39 is 12.1 Å². The number of aliphatic carboxylic acids is 1. The number of carbonyl (C=O) groups excluding carboxylic acids is 1. The van der Waals surface area contributed by atoms with E-state index in [1.54, 1.807) is 18.3 Å². The van der Waals surface area contributed by atoms with E-state index in [1.165, 1.54) is 4.40 Å². The van der Waals surface area contributed by atoms with Crippen LogP contribution >= 0.6 is 0 Å². The lowest BCUT2D eigenvalue weighted by Gasteiger charge is -2.28. The first kappa shape index (κ1) is 22.2. The number of amides is 1. The zero-order valence-electron chi connectivity index (χ0n) is 16.9. The third-order valence-corrected chi connectivity index (χ3v) is 5.11. The van der Waals surface area contributed by atoms with E-state index in [9.17, 15) is 22.8 Å². The lowest BCUT2D eigenvalue weighted by atomic mass is 10.1.